The van der Waals surface area contributed by atoms with E-state index in [9.17, 15) is 18.0 Å². The van der Waals surface area contributed by atoms with Gasteiger partial charge in [-0.2, -0.15) is 24.9 Å². The van der Waals surface area contributed by atoms with E-state index in [0.29, 0.717) is 18.1 Å². The molecule has 0 radical (unpaired) electrons. The van der Waals surface area contributed by atoms with E-state index >= 15 is 0 Å². The van der Waals surface area contributed by atoms with Gasteiger partial charge in [0.15, 0.2) is 0 Å². The molecule has 1 aromatic carbocycles. The van der Waals surface area contributed by atoms with E-state index in [1.165, 1.54) is 6.07 Å². The van der Waals surface area contributed by atoms with Gasteiger partial charge in [-0.05, 0) is 30.3 Å². The fourth-order valence-electron chi connectivity index (χ4n) is 1.80. The minimum absolute atomic E-state index is 0.0208. The molecule has 1 heterocycles. The van der Waals surface area contributed by atoms with E-state index in [2.05, 4.69) is 10.6 Å². The zero-order chi connectivity index (χ0) is 17.6. The Morgan fingerprint density at radius 1 is 1.29 bits per heavy atom. The molecule has 2 aromatic rings. The molecule has 0 aliphatic heterocycles. The SMILES string of the molecule is O=C(NCCSCc1ccco1)Nc1ccc(Cl)c(C(F)(F)F)c1. The quantitative estimate of drug-likeness (QED) is 0.695. The zero-order valence-corrected chi connectivity index (χ0v) is 13.9. The highest BCUT2D eigenvalue weighted by molar-refractivity contribution is 7.98. The molecule has 2 amide bonds. The number of hydrogen-bond donors (Lipinski definition) is 2. The summed E-state index contributed by atoms with van der Waals surface area (Å²) in [6, 6.07) is 6.27. The number of carbonyl (C=O) groups is 1. The lowest BCUT2D eigenvalue weighted by Gasteiger charge is -2.12. The van der Waals surface area contributed by atoms with E-state index in [1.54, 1.807) is 24.1 Å². The maximum absolute atomic E-state index is 12.7. The van der Waals surface area contributed by atoms with Crippen LogP contribution in [-0.4, -0.2) is 18.3 Å². The smallest absolute Gasteiger partial charge is 0.417 e. The third-order valence-electron chi connectivity index (χ3n) is 2.89. The van der Waals surface area contributed by atoms with Crippen LogP contribution in [0.5, 0.6) is 0 Å². The third-order valence-corrected chi connectivity index (χ3v) is 4.20. The van der Waals surface area contributed by atoms with Gasteiger partial charge in [0, 0.05) is 18.0 Å². The molecule has 2 N–H and O–H groups in total. The summed E-state index contributed by atoms with van der Waals surface area (Å²) >= 11 is 7.08. The van der Waals surface area contributed by atoms with Crippen molar-refractivity contribution in [2.45, 2.75) is 11.9 Å². The summed E-state index contributed by atoms with van der Waals surface area (Å²) in [6.45, 7) is 0.372. The Morgan fingerprint density at radius 2 is 2.08 bits per heavy atom. The lowest BCUT2D eigenvalue weighted by atomic mass is 10.2. The first-order chi connectivity index (χ1) is 11.4. The maximum Gasteiger partial charge on any atom is 0.417 e. The Hall–Kier alpha value is -1.80. The van der Waals surface area contributed by atoms with Crippen molar-refractivity contribution < 1.29 is 22.4 Å². The number of hydrogen-bond acceptors (Lipinski definition) is 3. The van der Waals surface area contributed by atoms with Gasteiger partial charge < -0.3 is 15.1 Å². The molecular weight excluding hydrogens is 365 g/mol. The van der Waals surface area contributed by atoms with Crippen molar-refractivity contribution in [3.8, 4) is 0 Å². The molecule has 0 fully saturated rings. The van der Waals surface area contributed by atoms with Crippen molar-refractivity contribution in [2.75, 3.05) is 17.6 Å². The number of alkyl halides is 3. The minimum Gasteiger partial charge on any atom is -0.468 e. The predicted molar refractivity (Wildman–Crippen MR) is 88.3 cm³/mol. The van der Waals surface area contributed by atoms with Crippen LogP contribution in [0.3, 0.4) is 0 Å². The van der Waals surface area contributed by atoms with Gasteiger partial charge in [-0.15, -0.1) is 0 Å². The fourth-order valence-corrected chi connectivity index (χ4v) is 2.78. The van der Waals surface area contributed by atoms with Crippen LogP contribution in [0.2, 0.25) is 5.02 Å². The van der Waals surface area contributed by atoms with Crippen molar-refractivity contribution in [2.24, 2.45) is 0 Å². The highest BCUT2D eigenvalue weighted by Gasteiger charge is 2.33. The first-order valence-electron chi connectivity index (χ1n) is 6.88. The van der Waals surface area contributed by atoms with Crippen LogP contribution in [0.1, 0.15) is 11.3 Å². The van der Waals surface area contributed by atoms with Crippen LogP contribution in [-0.2, 0) is 11.9 Å². The molecule has 0 unspecified atom stereocenters. The first kappa shape index (κ1) is 18.5. The number of anilines is 1. The summed E-state index contributed by atoms with van der Waals surface area (Å²) in [6.07, 6.45) is -2.99. The van der Waals surface area contributed by atoms with Crippen LogP contribution in [0.15, 0.2) is 41.0 Å². The second-order valence-corrected chi connectivity index (χ2v) is 6.22. The summed E-state index contributed by atoms with van der Waals surface area (Å²) in [7, 11) is 0. The average Bonchev–Trinajstić information content (AvgIpc) is 3.01. The van der Waals surface area contributed by atoms with Gasteiger partial charge in [-0.3, -0.25) is 0 Å². The van der Waals surface area contributed by atoms with Gasteiger partial charge in [0.05, 0.1) is 22.6 Å². The zero-order valence-electron chi connectivity index (χ0n) is 12.3. The molecule has 0 saturated carbocycles. The predicted octanol–water partition coefficient (Wildman–Crippen LogP) is 5.01. The molecule has 130 valence electrons. The van der Waals surface area contributed by atoms with Crippen LogP contribution in [0.25, 0.3) is 0 Å². The monoisotopic (exact) mass is 378 g/mol. The molecule has 2 rings (SSSR count). The number of furan rings is 1. The molecule has 0 bridgehead atoms. The van der Waals surface area contributed by atoms with E-state index in [1.807, 2.05) is 6.07 Å². The van der Waals surface area contributed by atoms with Gasteiger partial charge >= 0.3 is 12.2 Å². The van der Waals surface area contributed by atoms with Gasteiger partial charge in [-0.1, -0.05) is 11.6 Å². The molecule has 4 nitrogen and oxygen atoms in total. The fraction of sp³-hybridized carbons (Fsp3) is 0.267. The Morgan fingerprint density at radius 3 is 2.75 bits per heavy atom. The molecule has 0 atom stereocenters. The lowest BCUT2D eigenvalue weighted by molar-refractivity contribution is -0.137. The van der Waals surface area contributed by atoms with Crippen molar-refractivity contribution >= 4 is 35.1 Å². The van der Waals surface area contributed by atoms with Crippen LogP contribution < -0.4 is 10.6 Å². The molecule has 0 aliphatic rings. The Labute approximate surface area is 145 Å². The summed E-state index contributed by atoms with van der Waals surface area (Å²) in [4.78, 5) is 11.7. The van der Waals surface area contributed by atoms with E-state index in [4.69, 9.17) is 16.0 Å². The van der Waals surface area contributed by atoms with Crippen LogP contribution in [0, 0.1) is 0 Å². The summed E-state index contributed by atoms with van der Waals surface area (Å²) in [5.41, 5.74) is -0.969. The number of halogens is 4. The van der Waals surface area contributed by atoms with Crippen LogP contribution in [0.4, 0.5) is 23.7 Å². The number of urea groups is 1. The van der Waals surface area contributed by atoms with Gasteiger partial charge in [0.1, 0.15) is 5.76 Å². The molecular formula is C15H14ClF3N2O2S. The number of amides is 2. The summed E-state index contributed by atoms with van der Waals surface area (Å²) in [5.74, 6) is 2.16. The normalized spacial score (nSPS) is 11.3. The second kappa shape index (κ2) is 8.34. The van der Waals surface area contributed by atoms with Crippen LogP contribution >= 0.6 is 23.4 Å². The van der Waals surface area contributed by atoms with E-state index in [-0.39, 0.29) is 5.69 Å². The molecule has 1 aromatic heterocycles. The second-order valence-electron chi connectivity index (χ2n) is 4.71. The van der Waals surface area contributed by atoms with Crippen molar-refractivity contribution in [1.29, 1.82) is 0 Å². The first-order valence-corrected chi connectivity index (χ1v) is 8.41. The Balaban J connectivity index is 1.76. The topological polar surface area (TPSA) is 54.3 Å². The molecule has 24 heavy (non-hydrogen) atoms. The highest BCUT2D eigenvalue weighted by atomic mass is 35.5. The molecule has 0 saturated heterocycles. The number of rotatable bonds is 6. The lowest BCUT2D eigenvalue weighted by Crippen LogP contribution is -2.30. The molecule has 0 aliphatic carbocycles. The Bertz CT molecular complexity index is 678. The van der Waals surface area contributed by atoms with Gasteiger partial charge in [0.2, 0.25) is 0 Å². The third kappa shape index (κ3) is 5.68. The van der Waals surface area contributed by atoms with E-state index in [0.717, 1.165) is 17.9 Å². The summed E-state index contributed by atoms with van der Waals surface area (Å²) < 4.78 is 43.4. The summed E-state index contributed by atoms with van der Waals surface area (Å²) in [5, 5.41) is 4.50. The number of nitrogens with one attached hydrogen (secondary N) is 2. The maximum atomic E-state index is 12.7. The molecule has 0 spiro atoms. The van der Waals surface area contributed by atoms with Crippen molar-refractivity contribution in [1.82, 2.24) is 5.32 Å². The standard InChI is InChI=1S/C15H14ClF3N2O2S/c16-13-4-3-10(8-12(13)15(17,18)19)21-14(22)20-5-7-24-9-11-2-1-6-23-11/h1-4,6,8H,5,7,9H2,(H2,20,21,22). The number of thioether (sulfide) groups is 1. The number of carbonyl (C=O) groups excluding carboxylic acids is 1. The number of benzene rings is 1. The van der Waals surface area contributed by atoms with Gasteiger partial charge in [-0.25, -0.2) is 4.79 Å². The Kier molecular flexibility index (Phi) is 6.44. The van der Waals surface area contributed by atoms with Crippen molar-refractivity contribution in [3.63, 3.8) is 0 Å². The minimum atomic E-state index is -4.58. The molecule has 9 heteroatoms. The largest absolute Gasteiger partial charge is 0.468 e. The van der Waals surface area contributed by atoms with E-state index < -0.39 is 22.8 Å². The van der Waals surface area contributed by atoms with Gasteiger partial charge in [0.25, 0.3) is 0 Å². The van der Waals surface area contributed by atoms with Crippen molar-refractivity contribution in [3.05, 3.63) is 52.9 Å². The average molecular weight is 379 g/mol. The highest BCUT2D eigenvalue weighted by Crippen LogP contribution is 2.36.